The minimum absolute atomic E-state index is 0.161. The Morgan fingerprint density at radius 3 is 2.82 bits per heavy atom. The van der Waals surface area contributed by atoms with Gasteiger partial charge in [-0.3, -0.25) is 9.48 Å². The van der Waals surface area contributed by atoms with Crippen LogP contribution in [-0.4, -0.2) is 28.9 Å². The first-order valence-electron chi connectivity index (χ1n) is 5.16. The molecule has 1 fully saturated rings. The normalized spacial score (nSPS) is 19.1. The van der Waals surface area contributed by atoms with Crippen LogP contribution in [0.4, 0.5) is 5.82 Å². The van der Waals surface area contributed by atoms with Gasteiger partial charge in [0.2, 0.25) is 0 Å². The number of nitrogen functional groups attached to an aromatic ring is 1. The van der Waals surface area contributed by atoms with E-state index in [1.165, 1.54) is 0 Å². The van der Waals surface area contributed by atoms with E-state index >= 15 is 0 Å². The number of rotatable bonds is 2. The molecule has 0 unspecified atom stereocenters. The third-order valence-corrected chi connectivity index (χ3v) is 2.54. The van der Waals surface area contributed by atoms with Crippen LogP contribution >= 0.6 is 0 Å². The molecular weight excluding hydrogens is 222 g/mol. The van der Waals surface area contributed by atoms with Crippen molar-refractivity contribution in [3.8, 4) is 6.57 Å². The summed E-state index contributed by atoms with van der Waals surface area (Å²) in [6.45, 7) is 4.90. The molecule has 7 nitrogen and oxygen atoms in total. The second-order valence-electron chi connectivity index (χ2n) is 3.64. The summed E-state index contributed by atoms with van der Waals surface area (Å²) >= 11 is 0. The monoisotopic (exact) mass is 237 g/mol. The maximum Gasteiger partial charge on any atom is 0.254 e. The van der Waals surface area contributed by atoms with Crippen LogP contribution in [0, 0.1) is 11.8 Å². The molecule has 1 saturated heterocycles. The van der Waals surface area contributed by atoms with E-state index in [-0.39, 0.29) is 17.4 Å². The molecule has 1 aliphatic heterocycles. The Morgan fingerprint density at radius 1 is 1.65 bits per heavy atom. The fourth-order valence-electron chi connectivity index (χ4n) is 1.71. The molecule has 0 aliphatic carbocycles. The highest BCUT2D eigenvalue weighted by molar-refractivity contribution is 5.96. The minimum atomic E-state index is -0.546. The van der Waals surface area contributed by atoms with E-state index in [9.17, 15) is 4.79 Å². The molecule has 1 amide bonds. The second-order valence-corrected chi connectivity index (χ2v) is 3.64. The first kappa shape index (κ1) is 13.0. The van der Waals surface area contributed by atoms with Crippen molar-refractivity contribution in [3.63, 3.8) is 0 Å². The molecule has 7 heteroatoms. The number of ether oxygens (including phenoxy) is 1. The van der Waals surface area contributed by atoms with Crippen LogP contribution in [0.15, 0.2) is 6.20 Å². The molecule has 0 radical (unpaired) electrons. The predicted octanol–water partition coefficient (Wildman–Crippen LogP) is 0.0555. The number of hydrogen-bond donors (Lipinski definition) is 2. The van der Waals surface area contributed by atoms with E-state index in [0.29, 0.717) is 6.61 Å². The molecule has 0 spiro atoms. The zero-order valence-electron chi connectivity index (χ0n) is 9.37. The highest BCUT2D eigenvalue weighted by Gasteiger charge is 2.19. The highest BCUT2D eigenvalue weighted by atomic mass is 16.5. The molecule has 2 rings (SSSR count). The van der Waals surface area contributed by atoms with Crippen LogP contribution in [0.3, 0.4) is 0 Å². The van der Waals surface area contributed by atoms with Gasteiger partial charge >= 0.3 is 0 Å². The number of carbonyl (C=O) groups excluding carboxylic acids is 1. The molecule has 17 heavy (non-hydrogen) atoms. The van der Waals surface area contributed by atoms with E-state index in [0.717, 1.165) is 19.4 Å². The van der Waals surface area contributed by atoms with Gasteiger partial charge in [-0.25, -0.2) is 5.26 Å². The summed E-state index contributed by atoms with van der Waals surface area (Å²) < 4.78 is 7.00. The van der Waals surface area contributed by atoms with Crippen molar-refractivity contribution >= 4 is 11.7 Å². The molecule has 2 heterocycles. The summed E-state index contributed by atoms with van der Waals surface area (Å²) in [5.74, 6) is -0.358. The summed E-state index contributed by atoms with van der Waals surface area (Å²) in [7, 11) is 0. The molecule has 0 saturated carbocycles. The van der Waals surface area contributed by atoms with E-state index in [4.69, 9.17) is 21.5 Å². The van der Waals surface area contributed by atoms with Crippen molar-refractivity contribution in [1.82, 2.24) is 9.78 Å². The largest absolute Gasteiger partial charge is 0.382 e. The van der Waals surface area contributed by atoms with E-state index in [1.807, 2.05) is 0 Å². The maximum absolute atomic E-state index is 11.0. The molecule has 1 aliphatic rings. The summed E-state index contributed by atoms with van der Waals surface area (Å²) in [5.41, 5.74) is 11.0. The van der Waals surface area contributed by atoms with Crippen LogP contribution in [0.25, 0.3) is 0 Å². The van der Waals surface area contributed by atoms with Gasteiger partial charge in [0.15, 0.2) is 5.82 Å². The fraction of sp³-hybridized carbons (Fsp3) is 0.500. The van der Waals surface area contributed by atoms with Gasteiger partial charge in [-0.05, 0) is 12.8 Å². The van der Waals surface area contributed by atoms with Crippen molar-refractivity contribution in [2.75, 3.05) is 18.9 Å². The Morgan fingerprint density at radius 2 is 2.35 bits per heavy atom. The number of hydrogen-bond acceptors (Lipinski definition) is 5. The lowest BCUT2D eigenvalue weighted by Crippen LogP contribution is -2.21. The third kappa shape index (κ3) is 2.95. The van der Waals surface area contributed by atoms with Crippen molar-refractivity contribution in [2.24, 2.45) is 5.73 Å². The van der Waals surface area contributed by atoms with Gasteiger partial charge in [-0.15, -0.1) is 0 Å². The number of carbonyl (C=O) groups is 1. The number of nitrogens with two attached hydrogens (primary N) is 2. The van der Waals surface area contributed by atoms with E-state index < -0.39 is 5.91 Å². The number of primary amides is 1. The Balaban J connectivity index is 0.000000686. The van der Waals surface area contributed by atoms with E-state index in [1.54, 1.807) is 10.9 Å². The number of anilines is 1. The van der Waals surface area contributed by atoms with Gasteiger partial charge in [0.1, 0.15) is 5.56 Å². The summed E-state index contributed by atoms with van der Waals surface area (Å²) in [5, 5.41) is 10.6. The molecule has 1 atom stereocenters. The van der Waals surface area contributed by atoms with Crippen molar-refractivity contribution in [3.05, 3.63) is 11.8 Å². The number of amides is 1. The smallest absolute Gasteiger partial charge is 0.254 e. The first-order valence-corrected chi connectivity index (χ1v) is 5.16. The van der Waals surface area contributed by atoms with Crippen LogP contribution in [-0.2, 0) is 4.74 Å². The van der Waals surface area contributed by atoms with Crippen molar-refractivity contribution in [1.29, 1.82) is 5.26 Å². The Hall–Kier alpha value is -2.07. The number of aromatic nitrogens is 2. The van der Waals surface area contributed by atoms with Gasteiger partial charge < -0.3 is 16.2 Å². The summed E-state index contributed by atoms with van der Waals surface area (Å²) in [4.78, 5) is 11.0. The zero-order chi connectivity index (χ0) is 12.8. The number of nitriles is 1. The van der Waals surface area contributed by atoms with Gasteiger partial charge in [0.05, 0.1) is 12.6 Å². The van der Waals surface area contributed by atoms with Crippen LogP contribution in [0.2, 0.25) is 0 Å². The average Bonchev–Trinajstić information content (AvgIpc) is 2.75. The summed E-state index contributed by atoms with van der Waals surface area (Å²) in [6, 6.07) is 0.161. The zero-order valence-corrected chi connectivity index (χ0v) is 9.37. The molecule has 1 aromatic heterocycles. The van der Waals surface area contributed by atoms with Gasteiger partial charge in [-0.2, -0.15) is 5.10 Å². The first-order chi connectivity index (χ1) is 8.18. The fourth-order valence-corrected chi connectivity index (χ4v) is 1.71. The lowest BCUT2D eigenvalue weighted by molar-refractivity contribution is 0.0550. The minimum Gasteiger partial charge on any atom is -0.382 e. The van der Waals surface area contributed by atoms with Gasteiger partial charge in [-0.1, -0.05) is 0 Å². The predicted molar refractivity (Wildman–Crippen MR) is 60.9 cm³/mol. The van der Waals surface area contributed by atoms with E-state index in [2.05, 4.69) is 11.7 Å². The lowest BCUT2D eigenvalue weighted by Gasteiger charge is -2.22. The van der Waals surface area contributed by atoms with Crippen LogP contribution in [0.5, 0.6) is 0 Å². The molecular formula is C10H15N5O2. The standard InChI is InChI=1S/C9H14N4O2.CHN/c10-8-7(9(11)14)4-13(12-8)6-2-1-3-15-5-6;1-2/h4,6H,1-3,5H2,(H2,10,12)(H2,11,14);1H/t6-;/m1./s1. The molecule has 0 aromatic carbocycles. The molecule has 92 valence electrons. The Labute approximate surface area is 98.9 Å². The second kappa shape index (κ2) is 5.86. The summed E-state index contributed by atoms with van der Waals surface area (Å²) in [6.07, 6.45) is 3.58. The molecule has 0 bridgehead atoms. The Bertz CT molecular complexity index is 406. The van der Waals surface area contributed by atoms with Crippen LogP contribution < -0.4 is 11.5 Å². The van der Waals surface area contributed by atoms with Crippen molar-refractivity contribution in [2.45, 2.75) is 18.9 Å². The molecule has 4 N–H and O–H groups in total. The van der Waals surface area contributed by atoms with Gasteiger partial charge in [0, 0.05) is 19.4 Å². The highest BCUT2D eigenvalue weighted by Crippen LogP contribution is 2.20. The van der Waals surface area contributed by atoms with Crippen molar-refractivity contribution < 1.29 is 9.53 Å². The molecule has 1 aromatic rings. The maximum atomic E-state index is 11.0. The Kier molecular flexibility index (Phi) is 4.48. The van der Waals surface area contributed by atoms with Gasteiger partial charge in [0.25, 0.3) is 5.91 Å². The lowest BCUT2D eigenvalue weighted by atomic mass is 10.1. The quantitative estimate of drug-likeness (QED) is 0.753. The van der Waals surface area contributed by atoms with Crippen LogP contribution in [0.1, 0.15) is 29.2 Å². The number of nitrogens with zero attached hydrogens (tertiary/aromatic N) is 3. The average molecular weight is 237 g/mol. The SMILES string of the molecule is C#N.NC(=O)c1cn([C@@H]2CCCOC2)nc1N. The topological polar surface area (TPSA) is 120 Å². The third-order valence-electron chi connectivity index (χ3n) is 2.54.